The van der Waals surface area contributed by atoms with E-state index in [1.165, 1.54) is 0 Å². The number of amides is 1. The smallest absolute Gasteiger partial charge is 0.379 e. The molecule has 0 fully saturated rings. The van der Waals surface area contributed by atoms with Gasteiger partial charge in [-0.1, -0.05) is 46.0 Å². The summed E-state index contributed by atoms with van der Waals surface area (Å²) in [5.41, 5.74) is -1.08. The van der Waals surface area contributed by atoms with Crippen molar-refractivity contribution in [2.24, 2.45) is 5.41 Å². The van der Waals surface area contributed by atoms with Gasteiger partial charge in [0.05, 0.1) is 23.2 Å². The molecule has 184 valence electrons. The molecule has 0 saturated heterocycles. The van der Waals surface area contributed by atoms with Gasteiger partial charge in [0.15, 0.2) is 0 Å². The molecule has 0 rings (SSSR count). The fourth-order valence-corrected chi connectivity index (χ4v) is 3.36. The number of methoxy groups -OCH3 is 1. The van der Waals surface area contributed by atoms with Crippen LogP contribution in [0.3, 0.4) is 0 Å². The van der Waals surface area contributed by atoms with Crippen LogP contribution < -0.4 is 5.32 Å². The zero-order chi connectivity index (χ0) is 24.0. The van der Waals surface area contributed by atoms with Gasteiger partial charge in [0.2, 0.25) is 0 Å². The minimum Gasteiger partial charge on any atom is -0.379 e. The number of alkyl carbamates (subject to hydrolysis) is 1. The topological polar surface area (TPSA) is 73.9 Å². The lowest BCUT2D eigenvalue weighted by molar-refractivity contribution is -0.149. The van der Waals surface area contributed by atoms with Crippen molar-refractivity contribution >= 4 is 12.1 Å². The van der Waals surface area contributed by atoms with E-state index in [4.69, 9.17) is 14.2 Å². The van der Waals surface area contributed by atoms with Crippen molar-refractivity contribution < 1.29 is 23.8 Å². The fraction of sp³-hybridized carbons (Fsp3) is 0.920. The summed E-state index contributed by atoms with van der Waals surface area (Å²) in [4.78, 5) is 24.8. The summed E-state index contributed by atoms with van der Waals surface area (Å²) < 4.78 is 16.6. The summed E-state index contributed by atoms with van der Waals surface area (Å²) in [5, 5.41) is 2.71. The van der Waals surface area contributed by atoms with Crippen LogP contribution in [0.25, 0.3) is 0 Å². The van der Waals surface area contributed by atoms with E-state index in [1.807, 2.05) is 34.6 Å². The number of hydrogen-bond donors (Lipinski definition) is 1. The Labute approximate surface area is 191 Å². The van der Waals surface area contributed by atoms with Gasteiger partial charge in [0, 0.05) is 13.7 Å². The molecule has 0 aromatic carbocycles. The lowest BCUT2D eigenvalue weighted by atomic mass is 9.80. The minimum atomic E-state index is -0.649. The average molecular weight is 444 g/mol. The first-order valence-corrected chi connectivity index (χ1v) is 12.1. The highest BCUT2D eigenvalue weighted by Gasteiger charge is 2.35. The highest BCUT2D eigenvalue weighted by Crippen LogP contribution is 2.32. The SMILES string of the molecule is CCCCCC(C)(CCCC)C(=O)OC(=O)NCCCC(C)(C)OCCC(C)(C)OC. The van der Waals surface area contributed by atoms with Crippen molar-refractivity contribution in [2.45, 2.75) is 124 Å². The van der Waals surface area contributed by atoms with E-state index in [2.05, 4.69) is 19.2 Å². The van der Waals surface area contributed by atoms with Gasteiger partial charge in [0.25, 0.3) is 0 Å². The number of hydrogen-bond acceptors (Lipinski definition) is 5. The summed E-state index contributed by atoms with van der Waals surface area (Å²) in [6.07, 6.45) is 8.35. The summed E-state index contributed by atoms with van der Waals surface area (Å²) in [7, 11) is 1.71. The Morgan fingerprint density at radius 3 is 1.97 bits per heavy atom. The van der Waals surface area contributed by atoms with Gasteiger partial charge in [-0.05, 0) is 66.7 Å². The number of ether oxygens (including phenoxy) is 3. The number of rotatable bonds is 17. The maximum atomic E-state index is 12.7. The van der Waals surface area contributed by atoms with Gasteiger partial charge in [-0.25, -0.2) is 4.79 Å². The molecule has 0 bridgehead atoms. The maximum Gasteiger partial charge on any atom is 0.414 e. The standard InChI is InChI=1S/C25H49NO5/c1-9-11-13-17-25(7,16-12-10-2)21(27)31-22(28)26-19-14-15-24(5,6)30-20-18-23(3,4)29-8/h9-20H2,1-8H3,(H,26,28). The molecule has 6 nitrogen and oxygen atoms in total. The lowest BCUT2D eigenvalue weighted by Crippen LogP contribution is -2.36. The van der Waals surface area contributed by atoms with E-state index in [0.717, 1.165) is 64.2 Å². The van der Waals surface area contributed by atoms with E-state index in [1.54, 1.807) is 7.11 Å². The fourth-order valence-electron chi connectivity index (χ4n) is 3.36. The third-order valence-corrected chi connectivity index (χ3v) is 6.07. The first-order valence-electron chi connectivity index (χ1n) is 12.1. The number of esters is 1. The van der Waals surface area contributed by atoms with E-state index >= 15 is 0 Å². The predicted octanol–water partition coefficient (Wildman–Crippen LogP) is 6.41. The number of nitrogens with one attached hydrogen (secondary N) is 1. The Kier molecular flexibility index (Phi) is 14.3. The van der Waals surface area contributed by atoms with Crippen LogP contribution in [0.2, 0.25) is 0 Å². The van der Waals surface area contributed by atoms with Gasteiger partial charge in [-0.3, -0.25) is 4.79 Å². The monoisotopic (exact) mass is 443 g/mol. The molecule has 0 aliphatic rings. The summed E-state index contributed by atoms with van der Waals surface area (Å²) in [5.74, 6) is -0.404. The Morgan fingerprint density at radius 1 is 0.774 bits per heavy atom. The van der Waals surface area contributed by atoms with Crippen molar-refractivity contribution in [1.82, 2.24) is 5.32 Å². The molecule has 0 aliphatic heterocycles. The molecule has 0 aromatic heterocycles. The Balaban J connectivity index is 4.36. The van der Waals surface area contributed by atoms with Crippen LogP contribution in [0.15, 0.2) is 0 Å². The number of carbonyl (C=O) groups excluding carboxylic acids is 2. The molecule has 1 unspecified atom stereocenters. The lowest BCUT2D eigenvalue weighted by Gasteiger charge is -2.29. The third-order valence-electron chi connectivity index (χ3n) is 6.07. The molecule has 31 heavy (non-hydrogen) atoms. The Hall–Kier alpha value is -1.14. The van der Waals surface area contributed by atoms with Crippen molar-refractivity contribution in [1.29, 1.82) is 0 Å². The van der Waals surface area contributed by atoms with Crippen LogP contribution >= 0.6 is 0 Å². The molecule has 0 spiro atoms. The normalized spacial score (nSPS) is 14.2. The molecular formula is C25H49NO5. The first kappa shape index (κ1) is 29.9. The average Bonchev–Trinajstić information content (AvgIpc) is 2.69. The largest absolute Gasteiger partial charge is 0.414 e. The molecule has 0 heterocycles. The van der Waals surface area contributed by atoms with E-state index in [-0.39, 0.29) is 11.2 Å². The van der Waals surface area contributed by atoms with Crippen LogP contribution in [-0.4, -0.2) is 43.5 Å². The molecule has 1 atom stereocenters. The molecule has 1 amide bonds. The highest BCUT2D eigenvalue weighted by molar-refractivity contribution is 5.87. The summed E-state index contributed by atoms with van der Waals surface area (Å²) in [6, 6.07) is 0. The third kappa shape index (κ3) is 13.8. The second-order valence-corrected chi connectivity index (χ2v) is 10.2. The van der Waals surface area contributed by atoms with Crippen LogP contribution in [0.4, 0.5) is 4.79 Å². The molecule has 0 saturated carbocycles. The van der Waals surface area contributed by atoms with E-state index in [9.17, 15) is 9.59 Å². The zero-order valence-electron chi connectivity index (χ0n) is 21.5. The molecule has 1 N–H and O–H groups in total. The van der Waals surface area contributed by atoms with Gasteiger partial charge in [-0.15, -0.1) is 0 Å². The highest BCUT2D eigenvalue weighted by atomic mass is 16.6. The molecule has 0 aromatic rings. The number of carbonyl (C=O) groups is 2. The molecular weight excluding hydrogens is 394 g/mol. The van der Waals surface area contributed by atoms with Crippen LogP contribution in [0, 0.1) is 5.41 Å². The minimum absolute atomic E-state index is 0.198. The first-order chi connectivity index (χ1) is 14.4. The maximum absolute atomic E-state index is 12.7. The van der Waals surface area contributed by atoms with Crippen molar-refractivity contribution in [2.75, 3.05) is 20.3 Å². The van der Waals surface area contributed by atoms with Gasteiger partial charge in [0.1, 0.15) is 0 Å². The number of unbranched alkanes of at least 4 members (excludes halogenated alkanes) is 3. The van der Waals surface area contributed by atoms with Crippen molar-refractivity contribution in [3.63, 3.8) is 0 Å². The Morgan fingerprint density at radius 2 is 1.39 bits per heavy atom. The van der Waals surface area contributed by atoms with Crippen LogP contribution in [0.1, 0.15) is 113 Å². The van der Waals surface area contributed by atoms with Crippen molar-refractivity contribution in [3.05, 3.63) is 0 Å². The second-order valence-electron chi connectivity index (χ2n) is 10.2. The van der Waals surface area contributed by atoms with Crippen LogP contribution in [-0.2, 0) is 19.0 Å². The zero-order valence-corrected chi connectivity index (χ0v) is 21.5. The molecule has 0 radical (unpaired) electrons. The molecule has 6 heteroatoms. The van der Waals surface area contributed by atoms with Gasteiger partial charge < -0.3 is 19.5 Å². The Bertz CT molecular complexity index is 518. The van der Waals surface area contributed by atoms with Gasteiger partial charge in [-0.2, -0.15) is 0 Å². The second kappa shape index (κ2) is 14.8. The molecule has 0 aliphatic carbocycles. The van der Waals surface area contributed by atoms with E-state index in [0.29, 0.717) is 13.2 Å². The summed E-state index contributed by atoms with van der Waals surface area (Å²) >= 11 is 0. The van der Waals surface area contributed by atoms with E-state index < -0.39 is 17.5 Å². The van der Waals surface area contributed by atoms with Gasteiger partial charge >= 0.3 is 12.1 Å². The predicted molar refractivity (Wildman–Crippen MR) is 126 cm³/mol. The van der Waals surface area contributed by atoms with Crippen LogP contribution in [0.5, 0.6) is 0 Å². The quantitative estimate of drug-likeness (QED) is 0.160. The summed E-state index contributed by atoms with van der Waals surface area (Å²) in [6.45, 7) is 15.4. The van der Waals surface area contributed by atoms with Crippen molar-refractivity contribution in [3.8, 4) is 0 Å².